The maximum atomic E-state index is 11.5. The molecule has 0 aliphatic carbocycles. The summed E-state index contributed by atoms with van der Waals surface area (Å²) in [5.41, 5.74) is 3.27. The Kier molecular flexibility index (Phi) is 11.3. The number of carbonyl (C=O) groups is 2. The standard InChI is InChI=1S/C13H23NO4S.CH3NO2/c1-13(8-15,9-16)10-18-12(17)4-5-14-7-11-3-2-6-19-11;2-1(3)4/h7,14-16H,2-6,8-10H2,1H3;2H2,(H,3,4)/b11-7+;. The minimum Gasteiger partial charge on any atom is -0.465 e. The first-order chi connectivity index (χ1) is 10.8. The fraction of sp³-hybridized carbons (Fsp3) is 0.714. The number of nitrogens with two attached hydrogens (primary N) is 1. The predicted octanol–water partition coefficient (Wildman–Crippen LogP) is 0.492. The van der Waals surface area contributed by atoms with Crippen molar-refractivity contribution in [2.75, 3.05) is 32.1 Å². The van der Waals surface area contributed by atoms with E-state index in [9.17, 15) is 4.79 Å². The molecule has 0 bridgehead atoms. The SMILES string of the molecule is CC(CO)(CO)COC(=O)CCN/C=C1\CCCS1.NC(=O)O. The van der Waals surface area contributed by atoms with E-state index < -0.39 is 11.5 Å². The molecule has 0 spiro atoms. The molecule has 0 aromatic heterocycles. The van der Waals surface area contributed by atoms with Crippen LogP contribution in [0, 0.1) is 5.41 Å². The summed E-state index contributed by atoms with van der Waals surface area (Å²) in [6.07, 6.45) is 3.26. The van der Waals surface area contributed by atoms with Crippen LogP contribution in [-0.2, 0) is 9.53 Å². The molecule has 0 atom stereocenters. The van der Waals surface area contributed by atoms with E-state index in [2.05, 4.69) is 11.1 Å². The molecule has 0 unspecified atom stereocenters. The fourth-order valence-electron chi connectivity index (χ4n) is 1.46. The first-order valence-corrected chi connectivity index (χ1v) is 8.22. The number of rotatable bonds is 8. The molecular formula is C14H26N2O6S. The van der Waals surface area contributed by atoms with E-state index in [0.717, 1.165) is 6.42 Å². The van der Waals surface area contributed by atoms with Gasteiger partial charge in [0.05, 0.1) is 19.6 Å². The van der Waals surface area contributed by atoms with Crippen molar-refractivity contribution < 1.29 is 29.6 Å². The highest BCUT2D eigenvalue weighted by molar-refractivity contribution is 8.03. The Bertz CT molecular complexity index is 387. The molecular weight excluding hydrogens is 324 g/mol. The smallest absolute Gasteiger partial charge is 0.402 e. The van der Waals surface area contributed by atoms with E-state index in [1.54, 1.807) is 6.92 Å². The second-order valence-electron chi connectivity index (χ2n) is 5.39. The lowest BCUT2D eigenvalue weighted by Gasteiger charge is -2.23. The van der Waals surface area contributed by atoms with Crippen LogP contribution in [0.3, 0.4) is 0 Å². The Morgan fingerprint density at radius 1 is 1.43 bits per heavy atom. The van der Waals surface area contributed by atoms with Gasteiger partial charge in [-0.3, -0.25) is 4.79 Å². The topological polar surface area (TPSA) is 142 Å². The number of amides is 1. The maximum absolute atomic E-state index is 11.5. The third kappa shape index (κ3) is 11.7. The predicted molar refractivity (Wildman–Crippen MR) is 87.8 cm³/mol. The number of hydrogen-bond acceptors (Lipinski definition) is 7. The van der Waals surface area contributed by atoms with Gasteiger partial charge in [0.2, 0.25) is 0 Å². The molecule has 134 valence electrons. The van der Waals surface area contributed by atoms with Crippen molar-refractivity contribution in [2.24, 2.45) is 11.1 Å². The van der Waals surface area contributed by atoms with Gasteiger partial charge < -0.3 is 31.1 Å². The zero-order valence-corrected chi connectivity index (χ0v) is 14.1. The molecule has 8 nitrogen and oxygen atoms in total. The van der Waals surface area contributed by atoms with Gasteiger partial charge >= 0.3 is 12.1 Å². The van der Waals surface area contributed by atoms with Gasteiger partial charge in [-0.25, -0.2) is 4.79 Å². The maximum Gasteiger partial charge on any atom is 0.402 e. The molecule has 0 aromatic carbocycles. The van der Waals surface area contributed by atoms with Crippen LogP contribution in [0.5, 0.6) is 0 Å². The highest BCUT2D eigenvalue weighted by Crippen LogP contribution is 2.29. The number of primary amides is 1. The zero-order chi connectivity index (χ0) is 17.7. The van der Waals surface area contributed by atoms with Crippen LogP contribution >= 0.6 is 11.8 Å². The van der Waals surface area contributed by atoms with Gasteiger partial charge in [0.25, 0.3) is 0 Å². The van der Waals surface area contributed by atoms with Crippen LogP contribution in [-0.4, -0.2) is 59.5 Å². The number of hydrogen-bond donors (Lipinski definition) is 5. The highest BCUT2D eigenvalue weighted by Gasteiger charge is 2.24. The molecule has 6 N–H and O–H groups in total. The van der Waals surface area contributed by atoms with Crippen molar-refractivity contribution >= 4 is 23.8 Å². The van der Waals surface area contributed by atoms with Crippen molar-refractivity contribution in [1.29, 1.82) is 0 Å². The Balaban J connectivity index is 0.00000108. The molecule has 1 rings (SSSR count). The number of carbonyl (C=O) groups excluding carboxylic acids is 1. The Labute approximate surface area is 140 Å². The number of esters is 1. The van der Waals surface area contributed by atoms with Gasteiger partial charge in [-0.15, -0.1) is 11.8 Å². The Morgan fingerprint density at radius 2 is 2.04 bits per heavy atom. The van der Waals surface area contributed by atoms with Gasteiger partial charge in [-0.05, 0) is 18.6 Å². The van der Waals surface area contributed by atoms with Gasteiger partial charge in [-0.2, -0.15) is 0 Å². The molecule has 1 amide bonds. The van der Waals surface area contributed by atoms with Gasteiger partial charge in [0.15, 0.2) is 0 Å². The molecule has 0 saturated carbocycles. The number of thioether (sulfide) groups is 1. The summed E-state index contributed by atoms with van der Waals surface area (Å²) in [6.45, 7) is 1.82. The molecule has 23 heavy (non-hydrogen) atoms. The third-order valence-corrected chi connectivity index (χ3v) is 4.12. The molecule has 1 aliphatic heterocycles. The van der Waals surface area contributed by atoms with Crippen molar-refractivity contribution in [2.45, 2.75) is 26.2 Å². The van der Waals surface area contributed by atoms with E-state index in [0.29, 0.717) is 6.54 Å². The van der Waals surface area contributed by atoms with Crippen LogP contribution in [0.1, 0.15) is 26.2 Å². The quantitative estimate of drug-likeness (QED) is 0.314. The lowest BCUT2D eigenvalue weighted by Crippen LogP contribution is -2.33. The molecule has 0 aromatic rings. The first kappa shape index (κ1) is 21.6. The summed E-state index contributed by atoms with van der Waals surface area (Å²) in [7, 11) is 0. The van der Waals surface area contributed by atoms with Gasteiger partial charge in [0.1, 0.15) is 6.61 Å². The summed E-state index contributed by atoms with van der Waals surface area (Å²) in [5, 5.41) is 28.4. The molecule has 1 fully saturated rings. The monoisotopic (exact) mass is 350 g/mol. The second kappa shape index (κ2) is 12.0. The number of carboxylic acid groups (broad SMARTS) is 1. The van der Waals surface area contributed by atoms with E-state index in [1.165, 1.54) is 17.1 Å². The lowest BCUT2D eigenvalue weighted by atomic mass is 9.95. The number of aliphatic hydroxyl groups excluding tert-OH is 2. The second-order valence-corrected chi connectivity index (χ2v) is 6.61. The summed E-state index contributed by atoms with van der Waals surface area (Å²) in [4.78, 5) is 21.6. The van der Waals surface area contributed by atoms with Crippen LogP contribution in [0.4, 0.5) is 4.79 Å². The Hall–Kier alpha value is -1.45. The minimum atomic E-state index is -1.33. The number of aliphatic hydroxyl groups is 2. The zero-order valence-electron chi connectivity index (χ0n) is 13.3. The average Bonchev–Trinajstić information content (AvgIpc) is 3.02. The fourth-order valence-corrected chi connectivity index (χ4v) is 2.47. The lowest BCUT2D eigenvalue weighted by molar-refractivity contribution is -0.148. The number of ether oxygens (including phenoxy) is 1. The molecule has 1 saturated heterocycles. The normalized spacial score (nSPS) is 15.7. The largest absolute Gasteiger partial charge is 0.465 e. The summed E-state index contributed by atoms with van der Waals surface area (Å²) >= 11 is 1.85. The first-order valence-electron chi connectivity index (χ1n) is 7.24. The van der Waals surface area contributed by atoms with Crippen molar-refractivity contribution in [1.82, 2.24) is 5.32 Å². The van der Waals surface area contributed by atoms with E-state index in [4.69, 9.17) is 24.9 Å². The van der Waals surface area contributed by atoms with E-state index in [-0.39, 0.29) is 32.2 Å². The Morgan fingerprint density at radius 3 is 2.52 bits per heavy atom. The van der Waals surface area contributed by atoms with Gasteiger partial charge in [-0.1, -0.05) is 6.92 Å². The van der Waals surface area contributed by atoms with Crippen molar-refractivity contribution in [3.05, 3.63) is 11.1 Å². The molecule has 0 radical (unpaired) electrons. The average molecular weight is 350 g/mol. The molecule has 1 aliphatic rings. The highest BCUT2D eigenvalue weighted by atomic mass is 32.2. The van der Waals surface area contributed by atoms with Crippen LogP contribution < -0.4 is 11.1 Å². The summed E-state index contributed by atoms with van der Waals surface area (Å²) in [5.74, 6) is 0.856. The van der Waals surface area contributed by atoms with E-state index in [1.807, 2.05) is 18.0 Å². The van der Waals surface area contributed by atoms with Crippen LogP contribution in [0.15, 0.2) is 11.1 Å². The van der Waals surface area contributed by atoms with Crippen molar-refractivity contribution in [3.8, 4) is 0 Å². The number of nitrogens with one attached hydrogen (secondary N) is 1. The summed E-state index contributed by atoms with van der Waals surface area (Å²) in [6, 6.07) is 0. The van der Waals surface area contributed by atoms with Crippen molar-refractivity contribution in [3.63, 3.8) is 0 Å². The molecule has 1 heterocycles. The minimum absolute atomic E-state index is 0.0375. The molecule has 9 heteroatoms. The van der Waals surface area contributed by atoms with E-state index >= 15 is 0 Å². The van der Waals surface area contributed by atoms with Gasteiger partial charge in [0, 0.05) is 23.1 Å². The third-order valence-electron chi connectivity index (χ3n) is 2.94. The summed E-state index contributed by atoms with van der Waals surface area (Å²) < 4.78 is 5.04. The number of allylic oxidation sites excluding steroid dienone is 1. The van der Waals surface area contributed by atoms with Crippen LogP contribution in [0.2, 0.25) is 0 Å². The van der Waals surface area contributed by atoms with Crippen LogP contribution in [0.25, 0.3) is 0 Å².